The van der Waals surface area contributed by atoms with Crippen molar-refractivity contribution in [2.24, 2.45) is 22.7 Å². The molecule has 2 aliphatic carbocycles. The Kier molecular flexibility index (Phi) is 4.70. The summed E-state index contributed by atoms with van der Waals surface area (Å²) in [4.78, 5) is 34.3. The van der Waals surface area contributed by atoms with Gasteiger partial charge in [-0.3, -0.25) is 14.7 Å². The highest BCUT2D eigenvalue weighted by molar-refractivity contribution is 6.07. The minimum Gasteiger partial charge on any atom is -0.338 e. The zero-order chi connectivity index (χ0) is 18.3. The third-order valence-corrected chi connectivity index (χ3v) is 7.19. The van der Waals surface area contributed by atoms with E-state index in [9.17, 15) is 9.59 Å². The van der Waals surface area contributed by atoms with Crippen LogP contribution in [0.5, 0.6) is 0 Å². The van der Waals surface area contributed by atoms with E-state index in [4.69, 9.17) is 4.99 Å². The number of hydrogen-bond donors (Lipinski definition) is 1. The van der Waals surface area contributed by atoms with Gasteiger partial charge < -0.3 is 10.2 Å². The summed E-state index contributed by atoms with van der Waals surface area (Å²) in [5, 5.41) is 3.16. The Hall–Kier alpha value is -1.59. The minimum absolute atomic E-state index is 0.0543. The molecule has 144 valence electrons. The van der Waals surface area contributed by atoms with Crippen LogP contribution in [0.15, 0.2) is 4.99 Å². The largest absolute Gasteiger partial charge is 0.338 e. The van der Waals surface area contributed by atoms with Gasteiger partial charge >= 0.3 is 6.03 Å². The van der Waals surface area contributed by atoms with E-state index in [1.165, 1.54) is 32.1 Å². The SMILES string of the molecule is CCN1C(=O)[C@]2(CC[C@@H]3CN(C(=O)NCC4CCCCC4)C[C@@H]32)N=C1C. The molecule has 2 aliphatic heterocycles. The molecular formula is C20H32N4O2. The molecule has 2 saturated carbocycles. The Bertz CT molecular complexity index is 613. The molecule has 0 aromatic rings. The first kappa shape index (κ1) is 17.8. The second kappa shape index (κ2) is 6.86. The van der Waals surface area contributed by atoms with Crippen molar-refractivity contribution in [2.75, 3.05) is 26.2 Å². The molecule has 0 bridgehead atoms. The van der Waals surface area contributed by atoms with Crippen LogP contribution in [0.4, 0.5) is 4.79 Å². The molecule has 0 aromatic carbocycles. The number of amides is 3. The number of hydrogen-bond acceptors (Lipinski definition) is 3. The molecule has 4 aliphatic rings. The molecule has 2 heterocycles. The fraction of sp³-hybridized carbons (Fsp3) is 0.850. The molecule has 1 saturated heterocycles. The molecular weight excluding hydrogens is 328 g/mol. The zero-order valence-corrected chi connectivity index (χ0v) is 16.2. The van der Waals surface area contributed by atoms with Crippen LogP contribution in [0, 0.1) is 17.8 Å². The van der Waals surface area contributed by atoms with Crippen molar-refractivity contribution in [2.45, 2.75) is 64.3 Å². The van der Waals surface area contributed by atoms with Crippen LogP contribution in [0.1, 0.15) is 58.8 Å². The summed E-state index contributed by atoms with van der Waals surface area (Å²) in [6, 6.07) is 0.0543. The molecule has 6 heteroatoms. The Labute approximate surface area is 156 Å². The van der Waals surface area contributed by atoms with Crippen molar-refractivity contribution in [3.8, 4) is 0 Å². The van der Waals surface area contributed by atoms with Gasteiger partial charge in [0, 0.05) is 32.1 Å². The van der Waals surface area contributed by atoms with Gasteiger partial charge in [0.15, 0.2) is 0 Å². The minimum atomic E-state index is -0.594. The number of aliphatic imine (C=N–C) groups is 1. The Balaban J connectivity index is 1.39. The van der Waals surface area contributed by atoms with Gasteiger partial charge in [-0.15, -0.1) is 0 Å². The number of nitrogens with zero attached hydrogens (tertiary/aromatic N) is 3. The van der Waals surface area contributed by atoms with Gasteiger partial charge in [-0.2, -0.15) is 0 Å². The Morgan fingerprint density at radius 1 is 1.23 bits per heavy atom. The third kappa shape index (κ3) is 2.81. The smallest absolute Gasteiger partial charge is 0.317 e. The Morgan fingerprint density at radius 3 is 2.69 bits per heavy atom. The summed E-state index contributed by atoms with van der Waals surface area (Å²) in [6.07, 6.45) is 8.25. The normalized spacial score (nSPS) is 34.5. The second-order valence-electron chi connectivity index (χ2n) is 8.63. The molecule has 6 nitrogen and oxygen atoms in total. The topological polar surface area (TPSA) is 65.0 Å². The van der Waals surface area contributed by atoms with Crippen molar-refractivity contribution < 1.29 is 9.59 Å². The van der Waals surface area contributed by atoms with E-state index in [2.05, 4.69) is 5.32 Å². The highest BCUT2D eigenvalue weighted by Gasteiger charge is 2.60. The number of nitrogens with one attached hydrogen (secondary N) is 1. The lowest BCUT2D eigenvalue weighted by molar-refractivity contribution is -0.132. The van der Waals surface area contributed by atoms with Gasteiger partial charge in [-0.25, -0.2) is 4.79 Å². The summed E-state index contributed by atoms with van der Waals surface area (Å²) in [6.45, 7) is 6.86. The lowest BCUT2D eigenvalue weighted by atomic mass is 9.85. The maximum absolute atomic E-state index is 13.0. The first-order valence-corrected chi connectivity index (χ1v) is 10.5. The van der Waals surface area contributed by atoms with Gasteiger partial charge in [-0.1, -0.05) is 19.3 Å². The second-order valence-corrected chi connectivity index (χ2v) is 8.63. The van der Waals surface area contributed by atoms with Crippen LogP contribution >= 0.6 is 0 Å². The van der Waals surface area contributed by atoms with Gasteiger partial charge in [-0.05, 0) is 51.4 Å². The first-order chi connectivity index (χ1) is 12.5. The first-order valence-electron chi connectivity index (χ1n) is 10.5. The van der Waals surface area contributed by atoms with E-state index in [1.807, 2.05) is 23.6 Å². The van der Waals surface area contributed by atoms with Crippen molar-refractivity contribution in [3.05, 3.63) is 0 Å². The predicted molar refractivity (Wildman–Crippen MR) is 101 cm³/mol. The summed E-state index contributed by atoms with van der Waals surface area (Å²) in [7, 11) is 0. The summed E-state index contributed by atoms with van der Waals surface area (Å²) < 4.78 is 0. The molecule has 1 N–H and O–H groups in total. The summed E-state index contributed by atoms with van der Waals surface area (Å²) in [5.41, 5.74) is -0.594. The van der Waals surface area contributed by atoms with E-state index in [-0.39, 0.29) is 17.9 Å². The molecule has 3 amide bonds. The number of carbonyl (C=O) groups is 2. The highest BCUT2D eigenvalue weighted by atomic mass is 16.2. The fourth-order valence-corrected chi connectivity index (χ4v) is 5.75. The predicted octanol–water partition coefficient (Wildman–Crippen LogP) is 2.64. The van der Waals surface area contributed by atoms with Crippen LogP contribution in [0.25, 0.3) is 0 Å². The number of likely N-dealkylation sites (tertiary alicyclic amines) is 1. The number of rotatable bonds is 3. The van der Waals surface area contributed by atoms with Crippen LogP contribution in [-0.2, 0) is 4.79 Å². The zero-order valence-electron chi connectivity index (χ0n) is 16.2. The van der Waals surface area contributed by atoms with E-state index < -0.39 is 5.54 Å². The van der Waals surface area contributed by atoms with E-state index in [1.54, 1.807) is 0 Å². The lowest BCUT2D eigenvalue weighted by Gasteiger charge is -2.28. The third-order valence-electron chi connectivity index (χ3n) is 7.19. The molecule has 0 radical (unpaired) electrons. The number of likely N-dealkylation sites (N-methyl/N-ethyl adjacent to an activating group) is 1. The molecule has 4 rings (SSSR count). The number of carbonyl (C=O) groups excluding carboxylic acids is 2. The van der Waals surface area contributed by atoms with Crippen LogP contribution in [-0.4, -0.2) is 59.3 Å². The highest BCUT2D eigenvalue weighted by Crippen LogP contribution is 2.50. The number of fused-ring (bicyclic) bond motifs is 2. The van der Waals surface area contributed by atoms with Crippen molar-refractivity contribution in [1.29, 1.82) is 0 Å². The van der Waals surface area contributed by atoms with Crippen LogP contribution < -0.4 is 5.32 Å². The van der Waals surface area contributed by atoms with Gasteiger partial charge in [0.1, 0.15) is 11.4 Å². The summed E-state index contributed by atoms with van der Waals surface area (Å²) in [5.74, 6) is 2.24. The quantitative estimate of drug-likeness (QED) is 0.841. The van der Waals surface area contributed by atoms with Crippen LogP contribution in [0.3, 0.4) is 0 Å². The average Bonchev–Trinajstić information content (AvgIpc) is 3.28. The maximum atomic E-state index is 13.0. The van der Waals surface area contributed by atoms with Gasteiger partial charge in [0.25, 0.3) is 5.91 Å². The fourth-order valence-electron chi connectivity index (χ4n) is 5.75. The molecule has 3 atom stereocenters. The van der Waals surface area contributed by atoms with Crippen molar-refractivity contribution in [3.63, 3.8) is 0 Å². The molecule has 26 heavy (non-hydrogen) atoms. The lowest BCUT2D eigenvalue weighted by Crippen LogP contribution is -2.47. The van der Waals surface area contributed by atoms with E-state index in [0.717, 1.165) is 31.8 Å². The molecule has 3 fully saturated rings. The maximum Gasteiger partial charge on any atom is 0.317 e. The number of urea groups is 1. The van der Waals surface area contributed by atoms with E-state index >= 15 is 0 Å². The van der Waals surface area contributed by atoms with E-state index in [0.29, 0.717) is 24.9 Å². The monoisotopic (exact) mass is 360 g/mol. The average molecular weight is 361 g/mol. The van der Waals surface area contributed by atoms with Crippen molar-refractivity contribution >= 4 is 17.8 Å². The van der Waals surface area contributed by atoms with Gasteiger partial charge in [0.05, 0.1) is 0 Å². The van der Waals surface area contributed by atoms with Crippen molar-refractivity contribution in [1.82, 2.24) is 15.1 Å². The van der Waals surface area contributed by atoms with Gasteiger partial charge in [0.2, 0.25) is 0 Å². The molecule has 0 aromatic heterocycles. The molecule has 1 spiro atoms. The Morgan fingerprint density at radius 2 is 2.00 bits per heavy atom. The molecule has 0 unspecified atom stereocenters. The van der Waals surface area contributed by atoms with Crippen LogP contribution in [0.2, 0.25) is 0 Å². The summed E-state index contributed by atoms with van der Waals surface area (Å²) >= 11 is 0. The standard InChI is InChI=1S/C20H32N4O2/c1-3-24-14(2)22-20(18(24)25)10-9-16-12-23(13-17(16)20)19(26)21-11-15-7-5-4-6-8-15/h15-17H,3-13H2,1-2H3,(H,21,26)/t16-,17+,20-/m1/s1. The number of amidine groups is 1.